The standard InChI is InChI=1S/C28H20ClN3O3S2/c29-22-14-16-24(17-15-22)37(34,35)32-23-13-7-12-21(18-23)27(33)31-28-30-25(19-8-3-1-4-9-19)26(36-28)20-10-5-2-6-11-20/h1-18,32H,(H,30,31,33). The van der Waals surface area contributed by atoms with Crippen LogP contribution in [0.2, 0.25) is 5.02 Å². The highest BCUT2D eigenvalue weighted by molar-refractivity contribution is 7.92. The number of halogens is 1. The number of nitrogens with one attached hydrogen (secondary N) is 2. The number of benzene rings is 4. The average Bonchev–Trinajstić information content (AvgIpc) is 3.33. The molecule has 2 N–H and O–H groups in total. The van der Waals surface area contributed by atoms with E-state index < -0.39 is 15.9 Å². The van der Waals surface area contributed by atoms with Crippen molar-refractivity contribution in [2.75, 3.05) is 10.0 Å². The molecule has 9 heteroatoms. The van der Waals surface area contributed by atoms with Crippen LogP contribution in [0.4, 0.5) is 10.8 Å². The summed E-state index contributed by atoms with van der Waals surface area (Å²) < 4.78 is 28.0. The SMILES string of the molecule is O=C(Nc1nc(-c2ccccc2)c(-c2ccccc2)s1)c1cccc(NS(=O)(=O)c2ccc(Cl)cc2)c1. The number of carbonyl (C=O) groups is 1. The number of carbonyl (C=O) groups excluding carboxylic acids is 1. The van der Waals surface area contributed by atoms with Crippen LogP contribution in [0.15, 0.2) is 114 Å². The van der Waals surface area contributed by atoms with Gasteiger partial charge in [0.05, 0.1) is 15.5 Å². The number of nitrogens with zero attached hydrogens (tertiary/aromatic N) is 1. The van der Waals surface area contributed by atoms with Crippen molar-refractivity contribution >= 4 is 49.7 Å². The van der Waals surface area contributed by atoms with Crippen molar-refractivity contribution < 1.29 is 13.2 Å². The predicted molar refractivity (Wildman–Crippen MR) is 150 cm³/mol. The quantitative estimate of drug-likeness (QED) is 0.227. The van der Waals surface area contributed by atoms with Gasteiger partial charge in [0.2, 0.25) is 0 Å². The van der Waals surface area contributed by atoms with Crippen LogP contribution in [0.25, 0.3) is 21.7 Å². The Bertz CT molecular complexity index is 1600. The third kappa shape index (κ3) is 5.72. The fourth-order valence-corrected chi connectivity index (χ4v) is 5.84. The maximum absolute atomic E-state index is 13.1. The van der Waals surface area contributed by atoms with E-state index in [9.17, 15) is 13.2 Å². The molecule has 37 heavy (non-hydrogen) atoms. The lowest BCUT2D eigenvalue weighted by Gasteiger charge is -2.09. The molecule has 0 radical (unpaired) electrons. The molecule has 1 amide bonds. The molecule has 0 bridgehead atoms. The molecular formula is C28H20ClN3O3S2. The van der Waals surface area contributed by atoms with E-state index in [0.717, 1.165) is 21.7 Å². The average molecular weight is 546 g/mol. The van der Waals surface area contributed by atoms with E-state index in [2.05, 4.69) is 10.0 Å². The summed E-state index contributed by atoms with van der Waals surface area (Å²) in [5, 5.41) is 3.74. The van der Waals surface area contributed by atoms with Crippen molar-refractivity contribution in [2.45, 2.75) is 4.90 Å². The maximum atomic E-state index is 13.1. The van der Waals surface area contributed by atoms with Crippen LogP contribution in [-0.4, -0.2) is 19.3 Å². The Morgan fingerprint density at radius 3 is 2.11 bits per heavy atom. The van der Waals surface area contributed by atoms with Gasteiger partial charge in [0, 0.05) is 21.8 Å². The van der Waals surface area contributed by atoms with Crippen LogP contribution in [0, 0.1) is 0 Å². The first-order valence-electron chi connectivity index (χ1n) is 11.2. The molecule has 0 atom stereocenters. The highest BCUT2D eigenvalue weighted by Crippen LogP contribution is 2.39. The van der Waals surface area contributed by atoms with Gasteiger partial charge in [-0.2, -0.15) is 0 Å². The highest BCUT2D eigenvalue weighted by atomic mass is 35.5. The lowest BCUT2D eigenvalue weighted by Crippen LogP contribution is -2.15. The highest BCUT2D eigenvalue weighted by Gasteiger charge is 2.18. The number of rotatable bonds is 7. The number of sulfonamides is 1. The lowest BCUT2D eigenvalue weighted by molar-refractivity contribution is 0.102. The van der Waals surface area contributed by atoms with Gasteiger partial charge in [-0.15, -0.1) is 0 Å². The fourth-order valence-electron chi connectivity index (χ4n) is 3.67. The minimum absolute atomic E-state index is 0.0661. The zero-order chi connectivity index (χ0) is 25.8. The summed E-state index contributed by atoms with van der Waals surface area (Å²) in [6, 6.07) is 31.8. The summed E-state index contributed by atoms with van der Waals surface area (Å²) in [6.07, 6.45) is 0. The minimum Gasteiger partial charge on any atom is -0.298 e. The van der Waals surface area contributed by atoms with Crippen molar-refractivity contribution in [3.8, 4) is 21.7 Å². The number of anilines is 2. The van der Waals surface area contributed by atoms with Crippen LogP contribution >= 0.6 is 22.9 Å². The van der Waals surface area contributed by atoms with Crippen molar-refractivity contribution in [3.63, 3.8) is 0 Å². The van der Waals surface area contributed by atoms with E-state index in [1.54, 1.807) is 18.2 Å². The molecule has 4 aromatic carbocycles. The molecule has 1 aromatic heterocycles. The Labute approximate surface area is 223 Å². The summed E-state index contributed by atoms with van der Waals surface area (Å²) in [7, 11) is -3.85. The van der Waals surface area contributed by atoms with Gasteiger partial charge >= 0.3 is 0 Å². The van der Waals surface area contributed by atoms with Crippen LogP contribution < -0.4 is 10.0 Å². The second-order valence-electron chi connectivity index (χ2n) is 8.02. The molecule has 5 aromatic rings. The number of amides is 1. The smallest absolute Gasteiger partial charge is 0.261 e. The molecule has 0 aliphatic carbocycles. The number of hydrogen-bond acceptors (Lipinski definition) is 5. The Hall–Kier alpha value is -3.98. The van der Waals surface area contributed by atoms with Gasteiger partial charge in [-0.25, -0.2) is 13.4 Å². The van der Waals surface area contributed by atoms with Gasteiger partial charge in [-0.1, -0.05) is 89.7 Å². The summed E-state index contributed by atoms with van der Waals surface area (Å²) >= 11 is 7.24. The Morgan fingerprint density at radius 1 is 0.784 bits per heavy atom. The molecule has 6 nitrogen and oxygen atoms in total. The van der Waals surface area contributed by atoms with Crippen molar-refractivity contribution in [3.05, 3.63) is 120 Å². The summed E-state index contributed by atoms with van der Waals surface area (Å²) in [6.45, 7) is 0. The molecule has 184 valence electrons. The largest absolute Gasteiger partial charge is 0.298 e. The van der Waals surface area contributed by atoms with Crippen LogP contribution in [-0.2, 0) is 10.0 Å². The van der Waals surface area contributed by atoms with Crippen molar-refractivity contribution in [1.29, 1.82) is 0 Å². The van der Waals surface area contributed by atoms with Crippen molar-refractivity contribution in [2.24, 2.45) is 0 Å². The first-order chi connectivity index (χ1) is 17.9. The van der Waals surface area contributed by atoms with Crippen LogP contribution in [0.1, 0.15) is 10.4 Å². The van der Waals surface area contributed by atoms with Gasteiger partial charge in [-0.05, 0) is 48.0 Å². The van der Waals surface area contributed by atoms with Gasteiger partial charge in [0.15, 0.2) is 5.13 Å². The van der Waals surface area contributed by atoms with E-state index in [0.29, 0.717) is 10.2 Å². The second-order valence-corrected chi connectivity index (χ2v) is 11.1. The number of hydrogen-bond donors (Lipinski definition) is 2. The predicted octanol–water partition coefficient (Wildman–Crippen LogP) is 7.18. The first-order valence-corrected chi connectivity index (χ1v) is 13.9. The van der Waals surface area contributed by atoms with E-state index in [4.69, 9.17) is 16.6 Å². The van der Waals surface area contributed by atoms with E-state index >= 15 is 0 Å². The molecule has 1 heterocycles. The Morgan fingerprint density at radius 2 is 1.43 bits per heavy atom. The summed E-state index contributed by atoms with van der Waals surface area (Å²) in [5.74, 6) is -0.402. The summed E-state index contributed by atoms with van der Waals surface area (Å²) in [4.78, 5) is 18.8. The van der Waals surface area contributed by atoms with Gasteiger partial charge in [0.1, 0.15) is 0 Å². The number of thiazole rings is 1. The normalized spacial score (nSPS) is 11.2. The van der Waals surface area contributed by atoms with Crippen molar-refractivity contribution in [1.82, 2.24) is 4.98 Å². The molecule has 0 saturated carbocycles. The fraction of sp³-hybridized carbons (Fsp3) is 0. The zero-order valence-corrected chi connectivity index (χ0v) is 21.6. The second kappa shape index (κ2) is 10.6. The van der Waals surface area contributed by atoms with E-state index in [-0.39, 0.29) is 16.1 Å². The molecule has 0 aliphatic heterocycles. The summed E-state index contributed by atoms with van der Waals surface area (Å²) in [5.41, 5.74) is 3.26. The third-order valence-electron chi connectivity index (χ3n) is 5.43. The van der Waals surface area contributed by atoms with Gasteiger partial charge in [0.25, 0.3) is 15.9 Å². The minimum atomic E-state index is -3.85. The topological polar surface area (TPSA) is 88.2 Å². The van der Waals surface area contributed by atoms with Gasteiger partial charge in [-0.3, -0.25) is 14.8 Å². The molecule has 0 aliphatic rings. The Balaban J connectivity index is 1.40. The number of aromatic nitrogens is 1. The molecule has 0 spiro atoms. The lowest BCUT2D eigenvalue weighted by atomic mass is 10.1. The zero-order valence-electron chi connectivity index (χ0n) is 19.3. The van der Waals surface area contributed by atoms with Gasteiger partial charge < -0.3 is 0 Å². The molecule has 0 unspecified atom stereocenters. The monoisotopic (exact) mass is 545 g/mol. The molecule has 5 rings (SSSR count). The molecular weight excluding hydrogens is 526 g/mol. The third-order valence-corrected chi connectivity index (χ3v) is 8.10. The maximum Gasteiger partial charge on any atom is 0.261 e. The van der Waals surface area contributed by atoms with E-state index in [1.165, 1.54) is 41.7 Å². The van der Waals surface area contributed by atoms with Crippen LogP contribution in [0.5, 0.6) is 0 Å². The first kappa shape index (κ1) is 24.7. The molecule has 0 saturated heterocycles. The van der Waals surface area contributed by atoms with Crippen LogP contribution in [0.3, 0.4) is 0 Å². The Kier molecular flexibility index (Phi) is 7.05. The molecule has 0 fully saturated rings. The van der Waals surface area contributed by atoms with E-state index in [1.807, 2.05) is 60.7 Å².